The highest BCUT2D eigenvalue weighted by Gasteiger charge is 2.07. The molecule has 0 saturated carbocycles. The summed E-state index contributed by atoms with van der Waals surface area (Å²) in [6.45, 7) is 9.01. The molecule has 0 aromatic carbocycles. The highest BCUT2D eigenvalue weighted by atomic mass is 16.2. The van der Waals surface area contributed by atoms with Gasteiger partial charge in [0, 0.05) is 26.6 Å². The zero-order chi connectivity index (χ0) is 11.0. The van der Waals surface area contributed by atoms with E-state index in [4.69, 9.17) is 0 Å². The molecule has 0 rings (SSSR count). The normalized spacial score (nSPS) is 10.6. The second-order valence-corrected chi connectivity index (χ2v) is 4.10. The van der Waals surface area contributed by atoms with Gasteiger partial charge >= 0.3 is 0 Å². The van der Waals surface area contributed by atoms with Gasteiger partial charge in [0.05, 0.1) is 0 Å². The Morgan fingerprint density at radius 1 is 1.43 bits per heavy atom. The molecule has 0 aromatic rings. The summed E-state index contributed by atoms with van der Waals surface area (Å²) in [7, 11) is 1.89. The zero-order valence-corrected chi connectivity index (χ0v) is 9.97. The molecular formula is C11H24N2O. The Balaban J connectivity index is 3.54. The monoisotopic (exact) mass is 200 g/mol. The van der Waals surface area contributed by atoms with Crippen LogP contribution in [0.3, 0.4) is 0 Å². The van der Waals surface area contributed by atoms with Crippen molar-refractivity contribution in [2.75, 3.05) is 26.7 Å². The van der Waals surface area contributed by atoms with Crippen molar-refractivity contribution in [1.29, 1.82) is 0 Å². The van der Waals surface area contributed by atoms with Crippen molar-refractivity contribution in [3.8, 4) is 0 Å². The highest BCUT2D eigenvalue weighted by molar-refractivity contribution is 5.75. The summed E-state index contributed by atoms with van der Waals surface area (Å²) in [5, 5.41) is 3.15. The van der Waals surface area contributed by atoms with Crippen molar-refractivity contribution in [3.63, 3.8) is 0 Å². The van der Waals surface area contributed by atoms with Crippen LogP contribution in [0.25, 0.3) is 0 Å². The Labute approximate surface area is 87.9 Å². The molecule has 0 saturated heterocycles. The number of amides is 1. The van der Waals surface area contributed by atoms with E-state index in [0.717, 1.165) is 26.1 Å². The fraction of sp³-hybridized carbons (Fsp3) is 0.909. The molecule has 3 heteroatoms. The van der Waals surface area contributed by atoms with Crippen LogP contribution in [0.5, 0.6) is 0 Å². The first-order chi connectivity index (χ1) is 6.57. The Bertz CT molecular complexity index is 157. The lowest BCUT2D eigenvalue weighted by Gasteiger charge is -2.18. The maximum atomic E-state index is 11.5. The number of carbonyl (C=O) groups excluding carboxylic acids is 1. The van der Waals surface area contributed by atoms with Crippen LogP contribution in [0, 0.1) is 5.92 Å². The Morgan fingerprint density at radius 2 is 2.07 bits per heavy atom. The van der Waals surface area contributed by atoms with Gasteiger partial charge in [-0.25, -0.2) is 0 Å². The van der Waals surface area contributed by atoms with E-state index in [1.165, 1.54) is 0 Å². The second-order valence-electron chi connectivity index (χ2n) is 4.10. The molecule has 0 unspecified atom stereocenters. The van der Waals surface area contributed by atoms with Gasteiger partial charge < -0.3 is 10.2 Å². The Morgan fingerprint density at radius 3 is 2.57 bits per heavy atom. The molecule has 0 aliphatic rings. The number of hydrogen-bond donors (Lipinski definition) is 1. The topological polar surface area (TPSA) is 32.3 Å². The number of hydrogen-bond acceptors (Lipinski definition) is 2. The van der Waals surface area contributed by atoms with Crippen LogP contribution in [0.2, 0.25) is 0 Å². The predicted molar refractivity (Wildman–Crippen MR) is 60.3 cm³/mol. The van der Waals surface area contributed by atoms with E-state index in [1.54, 1.807) is 0 Å². The quantitative estimate of drug-likeness (QED) is 0.632. The maximum Gasteiger partial charge on any atom is 0.223 e. The van der Waals surface area contributed by atoms with Crippen molar-refractivity contribution >= 4 is 5.91 Å². The minimum atomic E-state index is 0.242. The van der Waals surface area contributed by atoms with E-state index in [0.29, 0.717) is 12.3 Å². The molecule has 0 aromatic heterocycles. The fourth-order valence-electron chi connectivity index (χ4n) is 1.14. The maximum absolute atomic E-state index is 11.5. The Kier molecular flexibility index (Phi) is 7.48. The van der Waals surface area contributed by atoms with E-state index >= 15 is 0 Å². The number of carbonyl (C=O) groups is 1. The standard InChI is InChI=1S/C11H24N2O/c1-5-12-8-6-11(14)13(4)9-7-10(2)3/h10,12H,5-9H2,1-4H3. The smallest absolute Gasteiger partial charge is 0.223 e. The molecule has 84 valence electrons. The summed E-state index contributed by atoms with van der Waals surface area (Å²) in [5.74, 6) is 0.908. The van der Waals surface area contributed by atoms with E-state index in [-0.39, 0.29) is 5.91 Å². The summed E-state index contributed by atoms with van der Waals surface area (Å²) in [4.78, 5) is 13.3. The van der Waals surface area contributed by atoms with Crippen molar-refractivity contribution in [1.82, 2.24) is 10.2 Å². The van der Waals surface area contributed by atoms with E-state index in [1.807, 2.05) is 18.9 Å². The van der Waals surface area contributed by atoms with E-state index in [2.05, 4.69) is 19.2 Å². The molecule has 0 radical (unpaired) electrons. The molecule has 3 nitrogen and oxygen atoms in total. The first-order valence-corrected chi connectivity index (χ1v) is 5.52. The number of nitrogens with zero attached hydrogens (tertiary/aromatic N) is 1. The third kappa shape index (κ3) is 6.89. The minimum Gasteiger partial charge on any atom is -0.346 e. The van der Waals surface area contributed by atoms with Crippen molar-refractivity contribution < 1.29 is 4.79 Å². The summed E-state index contributed by atoms with van der Waals surface area (Å²) < 4.78 is 0. The average molecular weight is 200 g/mol. The lowest BCUT2D eigenvalue weighted by molar-refractivity contribution is -0.129. The van der Waals surface area contributed by atoms with Crippen LogP contribution in [0.4, 0.5) is 0 Å². The molecule has 0 heterocycles. The fourth-order valence-corrected chi connectivity index (χ4v) is 1.14. The van der Waals surface area contributed by atoms with E-state index in [9.17, 15) is 4.79 Å². The van der Waals surface area contributed by atoms with Gasteiger partial charge in [-0.3, -0.25) is 4.79 Å². The van der Waals surface area contributed by atoms with E-state index < -0.39 is 0 Å². The number of nitrogens with one attached hydrogen (secondary N) is 1. The SMILES string of the molecule is CCNCCC(=O)N(C)CCC(C)C. The molecule has 1 amide bonds. The summed E-state index contributed by atoms with van der Waals surface area (Å²) >= 11 is 0. The van der Waals surface area contributed by atoms with Gasteiger partial charge in [-0.15, -0.1) is 0 Å². The molecular weight excluding hydrogens is 176 g/mol. The van der Waals surface area contributed by atoms with Crippen LogP contribution < -0.4 is 5.32 Å². The van der Waals surface area contributed by atoms with Crippen LogP contribution in [-0.2, 0) is 4.79 Å². The van der Waals surface area contributed by atoms with Gasteiger partial charge in [0.15, 0.2) is 0 Å². The average Bonchev–Trinajstić information content (AvgIpc) is 2.14. The number of rotatable bonds is 7. The molecule has 0 aliphatic carbocycles. The lowest BCUT2D eigenvalue weighted by atomic mass is 10.1. The molecule has 0 spiro atoms. The zero-order valence-electron chi connectivity index (χ0n) is 9.97. The van der Waals surface area contributed by atoms with Crippen molar-refractivity contribution in [2.24, 2.45) is 5.92 Å². The second kappa shape index (κ2) is 7.80. The van der Waals surface area contributed by atoms with Gasteiger partial charge in [-0.1, -0.05) is 20.8 Å². The van der Waals surface area contributed by atoms with Crippen molar-refractivity contribution in [2.45, 2.75) is 33.6 Å². The molecule has 0 fully saturated rings. The van der Waals surface area contributed by atoms with Gasteiger partial charge in [0.25, 0.3) is 0 Å². The molecule has 0 atom stereocenters. The van der Waals surface area contributed by atoms with Crippen LogP contribution in [0.15, 0.2) is 0 Å². The van der Waals surface area contributed by atoms with Gasteiger partial charge in [-0.05, 0) is 18.9 Å². The third-order valence-electron chi connectivity index (χ3n) is 2.23. The third-order valence-corrected chi connectivity index (χ3v) is 2.23. The van der Waals surface area contributed by atoms with Gasteiger partial charge in [-0.2, -0.15) is 0 Å². The van der Waals surface area contributed by atoms with Gasteiger partial charge in [0.2, 0.25) is 5.91 Å². The molecule has 0 bridgehead atoms. The highest BCUT2D eigenvalue weighted by Crippen LogP contribution is 2.01. The van der Waals surface area contributed by atoms with Crippen molar-refractivity contribution in [3.05, 3.63) is 0 Å². The Hall–Kier alpha value is -0.570. The minimum absolute atomic E-state index is 0.242. The largest absolute Gasteiger partial charge is 0.346 e. The molecule has 0 aliphatic heterocycles. The first-order valence-electron chi connectivity index (χ1n) is 5.52. The molecule has 14 heavy (non-hydrogen) atoms. The lowest BCUT2D eigenvalue weighted by Crippen LogP contribution is -2.31. The molecule has 1 N–H and O–H groups in total. The van der Waals surface area contributed by atoms with Gasteiger partial charge in [0.1, 0.15) is 0 Å². The first kappa shape index (κ1) is 13.4. The summed E-state index contributed by atoms with van der Waals surface area (Å²) in [6.07, 6.45) is 1.70. The summed E-state index contributed by atoms with van der Waals surface area (Å²) in [5.41, 5.74) is 0. The van der Waals surface area contributed by atoms with Crippen LogP contribution in [0.1, 0.15) is 33.6 Å². The summed E-state index contributed by atoms with van der Waals surface area (Å²) in [6, 6.07) is 0. The predicted octanol–water partition coefficient (Wildman–Crippen LogP) is 1.49. The van der Waals surface area contributed by atoms with Crippen LogP contribution in [-0.4, -0.2) is 37.5 Å². The van der Waals surface area contributed by atoms with Crippen LogP contribution >= 0.6 is 0 Å².